The Morgan fingerprint density at radius 3 is 2.27 bits per heavy atom. The average Bonchev–Trinajstić information content (AvgIpc) is 2.78. The fraction of sp³-hybridized carbons (Fsp3) is 0.0417. The van der Waals surface area contributed by atoms with Crippen LogP contribution in [0.15, 0.2) is 72.3 Å². The second kappa shape index (κ2) is 9.36. The molecule has 9 heteroatoms. The van der Waals surface area contributed by atoms with Gasteiger partial charge < -0.3 is 9.84 Å². The lowest BCUT2D eigenvalue weighted by Crippen LogP contribution is -2.54. The van der Waals surface area contributed by atoms with Gasteiger partial charge in [-0.1, -0.05) is 35.3 Å². The summed E-state index contributed by atoms with van der Waals surface area (Å²) in [6, 6.07) is 16.5. The molecule has 0 bridgehead atoms. The van der Waals surface area contributed by atoms with Crippen LogP contribution in [0.1, 0.15) is 11.1 Å². The first-order valence-corrected chi connectivity index (χ1v) is 10.4. The number of urea groups is 1. The number of nitrogens with one attached hydrogen (secondary N) is 1. The molecule has 166 valence electrons. The summed E-state index contributed by atoms with van der Waals surface area (Å²) in [5.74, 6) is -1.31. The Bertz CT molecular complexity index is 1270. The minimum atomic E-state index is -0.891. The number of hydrogen-bond acceptors (Lipinski definition) is 5. The van der Waals surface area contributed by atoms with E-state index in [2.05, 4.69) is 5.32 Å². The first-order valence-electron chi connectivity index (χ1n) is 9.69. The van der Waals surface area contributed by atoms with Gasteiger partial charge in [0.1, 0.15) is 23.7 Å². The molecule has 1 saturated heterocycles. The fourth-order valence-corrected chi connectivity index (χ4v) is 3.46. The Hall–Kier alpha value is -3.81. The summed E-state index contributed by atoms with van der Waals surface area (Å²) in [5, 5.41) is 12.6. The lowest BCUT2D eigenvalue weighted by molar-refractivity contribution is -0.122. The fourth-order valence-electron chi connectivity index (χ4n) is 3.15. The zero-order chi connectivity index (χ0) is 23.5. The number of carbonyl (C=O) groups excluding carboxylic acids is 3. The highest BCUT2D eigenvalue weighted by molar-refractivity contribution is 6.39. The van der Waals surface area contributed by atoms with Crippen LogP contribution in [-0.4, -0.2) is 23.0 Å². The molecule has 0 atom stereocenters. The van der Waals surface area contributed by atoms with Gasteiger partial charge in [0.25, 0.3) is 11.8 Å². The number of rotatable bonds is 5. The van der Waals surface area contributed by atoms with E-state index < -0.39 is 17.8 Å². The number of phenolic OH excluding ortho intramolecular Hbond substituents is 1. The summed E-state index contributed by atoms with van der Waals surface area (Å²) < 4.78 is 5.88. The van der Waals surface area contributed by atoms with Gasteiger partial charge in [-0.15, -0.1) is 0 Å². The molecule has 4 amide bonds. The van der Waals surface area contributed by atoms with Crippen LogP contribution < -0.4 is 15.0 Å². The van der Waals surface area contributed by atoms with E-state index in [4.69, 9.17) is 27.9 Å². The van der Waals surface area contributed by atoms with E-state index in [-0.39, 0.29) is 23.6 Å². The van der Waals surface area contributed by atoms with E-state index in [1.807, 2.05) is 12.1 Å². The Labute approximate surface area is 198 Å². The lowest BCUT2D eigenvalue weighted by Gasteiger charge is -2.26. The van der Waals surface area contributed by atoms with Crippen LogP contribution in [0.2, 0.25) is 10.0 Å². The Morgan fingerprint density at radius 1 is 0.909 bits per heavy atom. The zero-order valence-corrected chi connectivity index (χ0v) is 18.4. The van der Waals surface area contributed by atoms with Crippen molar-refractivity contribution in [3.05, 3.63) is 93.5 Å². The number of anilines is 1. The smallest absolute Gasteiger partial charge is 0.335 e. The van der Waals surface area contributed by atoms with E-state index in [9.17, 15) is 19.5 Å². The lowest BCUT2D eigenvalue weighted by atomic mass is 10.1. The summed E-state index contributed by atoms with van der Waals surface area (Å²) in [6.07, 6.45) is 1.32. The van der Waals surface area contributed by atoms with Crippen LogP contribution in [0.5, 0.6) is 11.5 Å². The maximum absolute atomic E-state index is 13.1. The zero-order valence-electron chi connectivity index (χ0n) is 16.9. The number of phenols is 1. The number of imide groups is 2. The van der Waals surface area contributed by atoms with Crippen molar-refractivity contribution < 1.29 is 24.2 Å². The van der Waals surface area contributed by atoms with Crippen molar-refractivity contribution in [1.82, 2.24) is 5.32 Å². The van der Waals surface area contributed by atoms with Crippen LogP contribution in [-0.2, 0) is 16.2 Å². The maximum Gasteiger partial charge on any atom is 0.335 e. The molecule has 3 aromatic rings. The summed E-state index contributed by atoms with van der Waals surface area (Å²) in [4.78, 5) is 38.7. The predicted octanol–water partition coefficient (Wildman–Crippen LogP) is 4.94. The van der Waals surface area contributed by atoms with Gasteiger partial charge in [-0.25, -0.2) is 9.69 Å². The van der Waals surface area contributed by atoms with Crippen molar-refractivity contribution in [3.63, 3.8) is 0 Å². The van der Waals surface area contributed by atoms with E-state index in [1.54, 1.807) is 30.3 Å². The molecule has 0 saturated carbocycles. The highest BCUT2D eigenvalue weighted by atomic mass is 35.5. The molecule has 1 aliphatic heterocycles. The van der Waals surface area contributed by atoms with Gasteiger partial charge in [-0.05, 0) is 66.2 Å². The Kier molecular flexibility index (Phi) is 6.35. The molecule has 0 spiro atoms. The molecule has 3 aromatic carbocycles. The number of aromatic hydroxyl groups is 1. The monoisotopic (exact) mass is 482 g/mol. The first-order chi connectivity index (χ1) is 15.8. The molecule has 0 aliphatic carbocycles. The number of nitrogens with zero attached hydrogens (tertiary/aromatic N) is 1. The number of carbonyl (C=O) groups is 3. The molecule has 1 heterocycles. The van der Waals surface area contributed by atoms with Crippen molar-refractivity contribution in [2.24, 2.45) is 0 Å². The van der Waals surface area contributed by atoms with Crippen molar-refractivity contribution in [2.75, 3.05) is 4.90 Å². The van der Waals surface area contributed by atoms with Crippen LogP contribution in [0, 0.1) is 0 Å². The van der Waals surface area contributed by atoms with Gasteiger partial charge in [-0.2, -0.15) is 0 Å². The molecule has 0 radical (unpaired) electrons. The van der Waals surface area contributed by atoms with Crippen molar-refractivity contribution in [2.45, 2.75) is 6.61 Å². The topological polar surface area (TPSA) is 95.9 Å². The number of ether oxygens (including phenoxy) is 1. The predicted molar refractivity (Wildman–Crippen MR) is 124 cm³/mol. The van der Waals surface area contributed by atoms with Gasteiger partial charge in [0.2, 0.25) is 0 Å². The summed E-state index contributed by atoms with van der Waals surface area (Å²) in [7, 11) is 0. The molecule has 1 aliphatic rings. The van der Waals surface area contributed by atoms with Crippen LogP contribution in [0.25, 0.3) is 6.08 Å². The highest BCUT2D eigenvalue weighted by Crippen LogP contribution is 2.29. The number of halogens is 2. The van der Waals surface area contributed by atoms with Crippen molar-refractivity contribution in [1.29, 1.82) is 0 Å². The van der Waals surface area contributed by atoms with Gasteiger partial charge in [0.05, 0.1) is 5.69 Å². The molecule has 33 heavy (non-hydrogen) atoms. The van der Waals surface area contributed by atoms with Gasteiger partial charge in [0, 0.05) is 15.6 Å². The molecule has 1 fully saturated rings. The third-order valence-electron chi connectivity index (χ3n) is 4.79. The number of amides is 4. The van der Waals surface area contributed by atoms with Crippen molar-refractivity contribution >= 4 is 52.8 Å². The maximum atomic E-state index is 13.1. The Balaban J connectivity index is 1.66. The van der Waals surface area contributed by atoms with Gasteiger partial charge in [0.15, 0.2) is 0 Å². The molecule has 2 N–H and O–H groups in total. The van der Waals surface area contributed by atoms with E-state index in [0.29, 0.717) is 21.4 Å². The van der Waals surface area contributed by atoms with Crippen LogP contribution >= 0.6 is 23.2 Å². The number of hydrogen-bond donors (Lipinski definition) is 2. The van der Waals surface area contributed by atoms with Gasteiger partial charge in [-0.3, -0.25) is 14.9 Å². The quantitative estimate of drug-likeness (QED) is 0.396. The average molecular weight is 483 g/mol. The van der Waals surface area contributed by atoms with Crippen LogP contribution in [0.4, 0.5) is 10.5 Å². The third kappa shape index (κ3) is 5.00. The normalized spacial score (nSPS) is 15.0. The summed E-state index contributed by atoms with van der Waals surface area (Å²) in [6.45, 7) is 0.216. The number of benzene rings is 3. The molecule has 0 unspecified atom stereocenters. The summed E-state index contributed by atoms with van der Waals surface area (Å²) in [5.41, 5.74) is 1.17. The van der Waals surface area contributed by atoms with E-state index in [1.165, 1.54) is 30.3 Å². The van der Waals surface area contributed by atoms with Gasteiger partial charge >= 0.3 is 6.03 Å². The minimum Gasteiger partial charge on any atom is -0.508 e. The minimum absolute atomic E-state index is 0.0307. The van der Waals surface area contributed by atoms with E-state index in [0.717, 1.165) is 10.5 Å². The van der Waals surface area contributed by atoms with Crippen molar-refractivity contribution in [3.8, 4) is 11.5 Å². The van der Waals surface area contributed by atoms with E-state index >= 15 is 0 Å². The molecular weight excluding hydrogens is 467 g/mol. The molecular formula is C24H16Cl2N2O5. The third-order valence-corrected chi connectivity index (χ3v) is 5.28. The largest absolute Gasteiger partial charge is 0.508 e. The Morgan fingerprint density at radius 2 is 1.58 bits per heavy atom. The number of barbiturate groups is 1. The second-order valence-electron chi connectivity index (χ2n) is 7.07. The molecule has 0 aromatic heterocycles. The first kappa shape index (κ1) is 22.4. The molecule has 7 nitrogen and oxygen atoms in total. The standard InChI is InChI=1S/C24H16Cl2N2O5/c25-16-3-1-14(2-4-16)13-33-21-10-5-17(26)11-15(21)12-20-22(30)27-24(32)28(23(20)31)18-6-8-19(29)9-7-18/h1-12,29H,13H2,(H,27,30,32)/b20-12+. The second-order valence-corrected chi connectivity index (χ2v) is 7.94. The highest BCUT2D eigenvalue weighted by Gasteiger charge is 2.37. The SMILES string of the molecule is O=C1NC(=O)N(c2ccc(O)cc2)C(=O)/C1=C/c1cc(Cl)ccc1OCc1ccc(Cl)cc1. The van der Waals surface area contributed by atoms with Crippen LogP contribution in [0.3, 0.4) is 0 Å². The summed E-state index contributed by atoms with van der Waals surface area (Å²) >= 11 is 12.0. The molecule has 4 rings (SSSR count).